The van der Waals surface area contributed by atoms with Gasteiger partial charge >= 0.3 is 0 Å². The normalized spacial score (nSPS) is 11.8. The van der Waals surface area contributed by atoms with Crippen molar-refractivity contribution in [3.63, 3.8) is 0 Å². The van der Waals surface area contributed by atoms with Gasteiger partial charge in [-0.15, -0.1) is 0 Å². The molecule has 0 unspecified atom stereocenters. The monoisotopic (exact) mass is 427 g/mol. The van der Waals surface area contributed by atoms with E-state index in [2.05, 4.69) is 19.2 Å². The second-order valence-corrected chi connectivity index (χ2v) is 6.58. The first-order valence-electron chi connectivity index (χ1n) is 7.47. The molecule has 0 aliphatic heterocycles. The van der Waals surface area contributed by atoms with Gasteiger partial charge in [-0.1, -0.05) is 26.0 Å². The third kappa shape index (κ3) is 5.20. The van der Waals surface area contributed by atoms with E-state index in [1.54, 1.807) is 6.07 Å². The summed E-state index contributed by atoms with van der Waals surface area (Å²) in [5.41, 5.74) is 1.40. The predicted octanol–water partition coefficient (Wildman–Crippen LogP) is 4.96. The van der Waals surface area contributed by atoms with Crippen molar-refractivity contribution < 1.29 is 13.9 Å². The molecule has 5 heteroatoms. The highest BCUT2D eigenvalue weighted by atomic mass is 127. The summed E-state index contributed by atoms with van der Waals surface area (Å²) in [6.07, 6.45) is 1.07. The van der Waals surface area contributed by atoms with Gasteiger partial charge in [0.05, 0.1) is 5.69 Å². The van der Waals surface area contributed by atoms with E-state index in [0.717, 1.165) is 9.99 Å². The molecule has 0 heterocycles. The molecule has 122 valence electrons. The average molecular weight is 427 g/mol. The molecule has 0 aromatic heterocycles. The molecular formula is C18H19FINO2. The van der Waals surface area contributed by atoms with E-state index >= 15 is 0 Å². The molecule has 0 fully saturated rings. The van der Waals surface area contributed by atoms with Crippen LogP contribution in [0.5, 0.6) is 5.75 Å². The molecule has 0 aliphatic rings. The van der Waals surface area contributed by atoms with Crippen molar-refractivity contribution in [3.05, 3.63) is 57.4 Å². The summed E-state index contributed by atoms with van der Waals surface area (Å²) in [6.45, 7) is 4.15. The zero-order valence-corrected chi connectivity index (χ0v) is 15.3. The first-order chi connectivity index (χ1) is 11.0. The highest BCUT2D eigenvalue weighted by molar-refractivity contribution is 14.1. The van der Waals surface area contributed by atoms with Gasteiger partial charge in [-0.25, -0.2) is 4.39 Å². The quantitative estimate of drug-likeness (QED) is 0.662. The number of amides is 1. The fourth-order valence-corrected chi connectivity index (χ4v) is 2.51. The Hall–Kier alpha value is -1.63. The molecule has 0 aliphatic carbocycles. The third-order valence-electron chi connectivity index (χ3n) is 3.64. The van der Waals surface area contributed by atoms with Crippen LogP contribution in [0.1, 0.15) is 31.7 Å². The Kier molecular flexibility index (Phi) is 6.38. The van der Waals surface area contributed by atoms with E-state index in [9.17, 15) is 9.18 Å². The highest BCUT2D eigenvalue weighted by Crippen LogP contribution is 2.21. The van der Waals surface area contributed by atoms with Crippen LogP contribution in [-0.2, 0) is 4.79 Å². The van der Waals surface area contributed by atoms with Crippen molar-refractivity contribution in [1.29, 1.82) is 0 Å². The number of nitrogens with one attached hydrogen (secondary N) is 1. The van der Waals surface area contributed by atoms with Crippen LogP contribution < -0.4 is 10.1 Å². The molecule has 0 saturated carbocycles. The number of carbonyl (C=O) groups is 1. The molecule has 0 saturated heterocycles. The van der Waals surface area contributed by atoms with Crippen molar-refractivity contribution in [2.24, 2.45) is 0 Å². The van der Waals surface area contributed by atoms with Gasteiger partial charge < -0.3 is 10.1 Å². The lowest BCUT2D eigenvalue weighted by molar-refractivity contribution is -0.118. The van der Waals surface area contributed by atoms with Gasteiger partial charge in [0.15, 0.2) is 6.61 Å². The predicted molar refractivity (Wildman–Crippen MR) is 98.4 cm³/mol. The lowest BCUT2D eigenvalue weighted by Crippen LogP contribution is -2.20. The number of hydrogen-bond donors (Lipinski definition) is 1. The minimum Gasteiger partial charge on any atom is -0.484 e. The largest absolute Gasteiger partial charge is 0.484 e. The molecule has 3 nitrogen and oxygen atoms in total. The molecule has 1 N–H and O–H groups in total. The molecular weight excluding hydrogens is 408 g/mol. The highest BCUT2D eigenvalue weighted by Gasteiger charge is 2.09. The number of anilines is 1. The van der Waals surface area contributed by atoms with E-state index in [4.69, 9.17) is 4.74 Å². The number of carbonyl (C=O) groups excluding carboxylic acids is 1. The second-order valence-electron chi connectivity index (χ2n) is 5.34. The third-order valence-corrected chi connectivity index (χ3v) is 4.31. The summed E-state index contributed by atoms with van der Waals surface area (Å²) in [4.78, 5) is 11.8. The summed E-state index contributed by atoms with van der Waals surface area (Å²) >= 11 is 2.01. The number of halogens is 2. The molecule has 1 amide bonds. The summed E-state index contributed by atoms with van der Waals surface area (Å²) in [6, 6.07) is 12.3. The molecule has 2 rings (SSSR count). The molecule has 23 heavy (non-hydrogen) atoms. The molecule has 0 radical (unpaired) electrons. The Morgan fingerprint density at radius 2 is 1.96 bits per heavy atom. The Balaban J connectivity index is 1.89. The van der Waals surface area contributed by atoms with Crippen LogP contribution in [0, 0.1) is 9.39 Å². The van der Waals surface area contributed by atoms with E-state index in [-0.39, 0.29) is 12.3 Å². The molecule has 0 bridgehead atoms. The fourth-order valence-electron chi connectivity index (χ4n) is 2.05. The standard InChI is InChI=1S/C18H19FINO2/c1-3-12(2)13-4-7-15(8-5-13)23-11-18(22)21-17-9-6-14(20)10-16(17)19/h4-10,12H,3,11H2,1-2H3,(H,21,22)/t12-/m1/s1. The van der Waals surface area contributed by atoms with E-state index in [0.29, 0.717) is 11.7 Å². The van der Waals surface area contributed by atoms with Gasteiger partial charge in [0.25, 0.3) is 5.91 Å². The SMILES string of the molecule is CC[C@@H](C)c1ccc(OCC(=O)Nc2ccc(I)cc2F)cc1. The van der Waals surface area contributed by atoms with Crippen LogP contribution in [-0.4, -0.2) is 12.5 Å². The van der Waals surface area contributed by atoms with Crippen molar-refractivity contribution in [3.8, 4) is 5.75 Å². The zero-order chi connectivity index (χ0) is 16.8. The number of ether oxygens (including phenoxy) is 1. The Labute approximate surface area is 149 Å². The van der Waals surface area contributed by atoms with Crippen molar-refractivity contribution in [2.45, 2.75) is 26.2 Å². The summed E-state index contributed by atoms with van der Waals surface area (Å²) < 4.78 is 19.9. The Bertz CT molecular complexity index is 673. The maximum atomic E-state index is 13.7. The summed E-state index contributed by atoms with van der Waals surface area (Å²) in [5, 5.41) is 2.50. The lowest BCUT2D eigenvalue weighted by atomic mass is 9.99. The molecule has 0 spiro atoms. The maximum absolute atomic E-state index is 13.7. The summed E-state index contributed by atoms with van der Waals surface area (Å²) in [7, 11) is 0. The Morgan fingerprint density at radius 1 is 1.26 bits per heavy atom. The molecule has 1 atom stereocenters. The first kappa shape index (κ1) is 17.7. The smallest absolute Gasteiger partial charge is 0.262 e. The molecule has 2 aromatic carbocycles. The summed E-state index contributed by atoms with van der Waals surface area (Å²) in [5.74, 6) is 0.269. The second kappa shape index (κ2) is 8.29. The number of hydrogen-bond acceptors (Lipinski definition) is 2. The number of benzene rings is 2. The van der Waals surface area contributed by atoms with E-state index < -0.39 is 11.7 Å². The van der Waals surface area contributed by atoms with Gasteiger partial charge in [-0.3, -0.25) is 4.79 Å². The van der Waals surface area contributed by atoms with Gasteiger partial charge in [-0.2, -0.15) is 0 Å². The van der Waals surface area contributed by atoms with Gasteiger partial charge in [0, 0.05) is 3.57 Å². The van der Waals surface area contributed by atoms with Gasteiger partial charge in [0.2, 0.25) is 0 Å². The van der Waals surface area contributed by atoms with Crippen LogP contribution in [0.2, 0.25) is 0 Å². The van der Waals surface area contributed by atoms with Crippen LogP contribution >= 0.6 is 22.6 Å². The van der Waals surface area contributed by atoms with Crippen LogP contribution in [0.25, 0.3) is 0 Å². The average Bonchev–Trinajstić information content (AvgIpc) is 2.55. The minimum absolute atomic E-state index is 0.158. The Morgan fingerprint density at radius 3 is 2.57 bits per heavy atom. The molecule has 2 aromatic rings. The number of rotatable bonds is 6. The van der Waals surface area contributed by atoms with Gasteiger partial charge in [-0.05, 0) is 70.8 Å². The van der Waals surface area contributed by atoms with E-state index in [1.165, 1.54) is 17.7 Å². The maximum Gasteiger partial charge on any atom is 0.262 e. The van der Waals surface area contributed by atoms with Gasteiger partial charge in [0.1, 0.15) is 11.6 Å². The van der Waals surface area contributed by atoms with Crippen LogP contribution in [0.3, 0.4) is 0 Å². The topological polar surface area (TPSA) is 38.3 Å². The van der Waals surface area contributed by atoms with Crippen LogP contribution in [0.4, 0.5) is 10.1 Å². The zero-order valence-electron chi connectivity index (χ0n) is 13.1. The van der Waals surface area contributed by atoms with E-state index in [1.807, 2.05) is 46.9 Å². The lowest BCUT2D eigenvalue weighted by Gasteiger charge is -2.11. The first-order valence-corrected chi connectivity index (χ1v) is 8.55. The minimum atomic E-state index is -0.455. The van der Waals surface area contributed by atoms with Crippen LogP contribution in [0.15, 0.2) is 42.5 Å². The van der Waals surface area contributed by atoms with Crippen molar-refractivity contribution >= 4 is 34.2 Å². The van der Waals surface area contributed by atoms with Crippen molar-refractivity contribution in [1.82, 2.24) is 0 Å². The van der Waals surface area contributed by atoms with Crippen molar-refractivity contribution in [2.75, 3.05) is 11.9 Å². The fraction of sp³-hybridized carbons (Fsp3) is 0.278.